The zero-order chi connectivity index (χ0) is 24.0. The smallest absolute Gasteiger partial charge is 0.305 e. The Hall–Kier alpha value is -4.49. The molecule has 1 aliphatic rings. The maximum atomic E-state index is 13.4. The Balaban J connectivity index is 1.58. The second-order valence-electron chi connectivity index (χ2n) is 8.12. The molecule has 0 radical (unpaired) electrons. The minimum atomic E-state index is -1.27. The highest BCUT2D eigenvalue weighted by Gasteiger charge is 2.46. The van der Waals surface area contributed by atoms with Crippen LogP contribution in [0.4, 0.5) is 0 Å². The van der Waals surface area contributed by atoms with E-state index in [1.165, 1.54) is 19.2 Å². The molecule has 1 aromatic heterocycles. The molecule has 2 heterocycles. The lowest BCUT2D eigenvalue weighted by Gasteiger charge is -2.28. The number of rotatable bonds is 5. The number of phenolic OH excluding ortho intramolecular Hbond substituents is 1. The quantitative estimate of drug-likeness (QED) is 0.276. The summed E-state index contributed by atoms with van der Waals surface area (Å²) in [6.07, 6.45) is 0. The van der Waals surface area contributed by atoms with E-state index in [0.717, 1.165) is 11.1 Å². The van der Waals surface area contributed by atoms with Crippen LogP contribution in [0.2, 0.25) is 0 Å². The van der Waals surface area contributed by atoms with Crippen molar-refractivity contribution in [1.29, 1.82) is 0 Å². The lowest BCUT2D eigenvalue weighted by molar-refractivity contribution is -0.0456. The zero-order valence-electron chi connectivity index (χ0n) is 18.7. The Morgan fingerprint density at radius 2 is 1.57 bits per heavy atom. The van der Waals surface area contributed by atoms with Crippen molar-refractivity contribution in [3.63, 3.8) is 0 Å². The third-order valence-corrected chi connectivity index (χ3v) is 5.97. The van der Waals surface area contributed by atoms with Crippen LogP contribution in [0, 0.1) is 0 Å². The van der Waals surface area contributed by atoms with Gasteiger partial charge in [-0.25, -0.2) is 0 Å². The predicted molar refractivity (Wildman–Crippen MR) is 129 cm³/mol. The molecule has 1 N–H and O–H groups in total. The van der Waals surface area contributed by atoms with E-state index in [9.17, 15) is 9.90 Å². The molecule has 174 valence electrons. The topological polar surface area (TPSA) is 87.4 Å². The summed E-state index contributed by atoms with van der Waals surface area (Å²) in [6.45, 7) is -0.0220. The second kappa shape index (κ2) is 8.07. The summed E-state index contributed by atoms with van der Waals surface area (Å²) < 4.78 is 29.5. The highest BCUT2D eigenvalue weighted by Crippen LogP contribution is 2.51. The van der Waals surface area contributed by atoms with Crippen molar-refractivity contribution in [3.8, 4) is 23.0 Å². The molecular formula is C28H20O7. The minimum absolute atomic E-state index is 0.0220. The molecule has 0 unspecified atom stereocenters. The maximum Gasteiger partial charge on any atom is 0.305 e. The average molecular weight is 468 g/mol. The van der Waals surface area contributed by atoms with Gasteiger partial charge in [0.05, 0.1) is 5.39 Å². The lowest BCUT2D eigenvalue weighted by atomic mass is 9.97. The predicted octanol–water partition coefficient (Wildman–Crippen LogP) is 5.31. The first kappa shape index (κ1) is 21.1. The molecule has 0 saturated carbocycles. The summed E-state index contributed by atoms with van der Waals surface area (Å²) in [7, 11) is 1.49. The van der Waals surface area contributed by atoms with Crippen LogP contribution in [0.3, 0.4) is 0 Å². The van der Waals surface area contributed by atoms with E-state index < -0.39 is 5.79 Å². The van der Waals surface area contributed by atoms with Crippen LogP contribution in [0.1, 0.15) is 11.1 Å². The maximum absolute atomic E-state index is 13.4. The molecule has 0 saturated heterocycles. The second-order valence-corrected chi connectivity index (χ2v) is 8.12. The van der Waals surface area contributed by atoms with Gasteiger partial charge < -0.3 is 28.5 Å². The van der Waals surface area contributed by atoms with Gasteiger partial charge in [0.2, 0.25) is 11.2 Å². The van der Waals surface area contributed by atoms with Gasteiger partial charge in [0.25, 0.3) is 0 Å². The van der Waals surface area contributed by atoms with Crippen LogP contribution in [-0.4, -0.2) is 19.0 Å². The monoisotopic (exact) mass is 468 g/mol. The molecule has 7 heteroatoms. The van der Waals surface area contributed by atoms with E-state index in [-0.39, 0.29) is 39.9 Å². The van der Waals surface area contributed by atoms with Crippen molar-refractivity contribution in [1.82, 2.24) is 0 Å². The van der Waals surface area contributed by atoms with Gasteiger partial charge in [0.1, 0.15) is 22.5 Å². The van der Waals surface area contributed by atoms with E-state index in [2.05, 4.69) is 0 Å². The normalized spacial score (nSPS) is 13.9. The summed E-state index contributed by atoms with van der Waals surface area (Å²) in [6, 6.07) is 25.3. The van der Waals surface area contributed by atoms with Crippen LogP contribution in [0.5, 0.6) is 23.0 Å². The van der Waals surface area contributed by atoms with Crippen molar-refractivity contribution in [2.24, 2.45) is 0 Å². The molecule has 5 aromatic rings. The zero-order valence-corrected chi connectivity index (χ0v) is 18.7. The van der Waals surface area contributed by atoms with E-state index >= 15 is 0 Å². The van der Waals surface area contributed by atoms with Gasteiger partial charge >= 0.3 is 5.79 Å². The third-order valence-electron chi connectivity index (χ3n) is 5.97. The Morgan fingerprint density at radius 1 is 0.886 bits per heavy atom. The van der Waals surface area contributed by atoms with Crippen LogP contribution in [0.25, 0.3) is 21.9 Å². The first-order valence-electron chi connectivity index (χ1n) is 11.0. The van der Waals surface area contributed by atoms with Crippen LogP contribution in [-0.2, 0) is 10.5 Å². The van der Waals surface area contributed by atoms with Crippen LogP contribution >= 0.6 is 0 Å². The van der Waals surface area contributed by atoms with E-state index in [1.807, 2.05) is 60.7 Å². The van der Waals surface area contributed by atoms with Gasteiger partial charge in [-0.15, -0.1) is 0 Å². The number of benzene rings is 4. The lowest BCUT2D eigenvalue weighted by Crippen LogP contribution is -2.36. The van der Waals surface area contributed by atoms with E-state index in [4.69, 9.17) is 23.4 Å². The van der Waals surface area contributed by atoms with Crippen LogP contribution < -0.4 is 19.6 Å². The van der Waals surface area contributed by atoms with E-state index in [0.29, 0.717) is 17.2 Å². The van der Waals surface area contributed by atoms with Crippen molar-refractivity contribution in [2.45, 2.75) is 5.79 Å². The highest BCUT2D eigenvalue weighted by molar-refractivity contribution is 5.97. The number of aromatic hydroxyl groups is 1. The molecule has 7 nitrogen and oxygen atoms in total. The van der Waals surface area contributed by atoms with Crippen LogP contribution in [0.15, 0.2) is 94.1 Å². The van der Waals surface area contributed by atoms with Gasteiger partial charge in [-0.1, -0.05) is 60.7 Å². The molecule has 0 fully saturated rings. The fourth-order valence-electron chi connectivity index (χ4n) is 4.38. The molecule has 0 aliphatic carbocycles. The molecule has 35 heavy (non-hydrogen) atoms. The molecule has 0 amide bonds. The number of methoxy groups -OCH3 is 1. The fraction of sp³-hybridized carbons (Fsp3) is 0.107. The molecule has 6 rings (SSSR count). The first-order chi connectivity index (χ1) is 17.1. The number of ether oxygens (including phenoxy) is 4. The molecule has 0 spiro atoms. The minimum Gasteiger partial charge on any atom is -0.507 e. The third kappa shape index (κ3) is 3.28. The first-order valence-corrected chi connectivity index (χ1v) is 11.0. The summed E-state index contributed by atoms with van der Waals surface area (Å²) >= 11 is 0. The summed E-state index contributed by atoms with van der Waals surface area (Å²) in [5.74, 6) is -0.476. The summed E-state index contributed by atoms with van der Waals surface area (Å²) in [5.41, 5.74) is 1.55. The highest BCUT2D eigenvalue weighted by atomic mass is 16.7. The van der Waals surface area contributed by atoms with Gasteiger partial charge in [-0.05, 0) is 12.1 Å². The largest absolute Gasteiger partial charge is 0.507 e. The average Bonchev–Trinajstić information content (AvgIpc) is 3.30. The molecule has 0 bridgehead atoms. The van der Waals surface area contributed by atoms with Gasteiger partial charge in [0, 0.05) is 30.4 Å². The van der Waals surface area contributed by atoms with Gasteiger partial charge in [-0.2, -0.15) is 0 Å². The van der Waals surface area contributed by atoms with Gasteiger partial charge in [-0.3, -0.25) is 4.79 Å². The van der Waals surface area contributed by atoms with Gasteiger partial charge in [0.15, 0.2) is 18.1 Å². The van der Waals surface area contributed by atoms with E-state index in [1.54, 1.807) is 12.1 Å². The number of phenols is 1. The molecule has 4 aromatic carbocycles. The summed E-state index contributed by atoms with van der Waals surface area (Å²) in [5, 5.41) is 10.8. The SMILES string of the molecule is COCOc1cc(O)c2c(=O)c3ccc4c(c3oc2c1)OC(c1ccccc1)(c1ccccc1)O4. The van der Waals surface area contributed by atoms with Crippen molar-refractivity contribution < 1.29 is 28.5 Å². The standard InChI is InChI=1S/C28H20O7/c1-31-16-32-19-14-21(29)24-23(15-19)33-26-20(25(24)30)12-13-22-27(26)35-28(34-22,17-8-4-2-5-9-17)18-10-6-3-7-11-18/h2-15,29H,16H2,1H3. The fourth-order valence-corrected chi connectivity index (χ4v) is 4.38. The van der Waals surface area contributed by atoms with Crippen molar-refractivity contribution in [2.75, 3.05) is 13.9 Å². The Bertz CT molecular complexity index is 1570. The summed E-state index contributed by atoms with van der Waals surface area (Å²) in [4.78, 5) is 13.4. The molecule has 1 aliphatic heterocycles. The molecular weight excluding hydrogens is 448 g/mol. The Labute approximate surface area is 199 Å². The number of hydrogen-bond donors (Lipinski definition) is 1. The Morgan fingerprint density at radius 3 is 2.23 bits per heavy atom. The number of fused-ring (bicyclic) bond motifs is 4. The number of hydrogen-bond acceptors (Lipinski definition) is 7. The van der Waals surface area contributed by atoms with Crippen molar-refractivity contribution in [3.05, 3.63) is 106 Å². The molecule has 0 atom stereocenters. The van der Waals surface area contributed by atoms with Crippen molar-refractivity contribution >= 4 is 21.9 Å². The Kier molecular flexibility index (Phi) is 4.86.